The lowest BCUT2D eigenvalue weighted by Crippen LogP contribution is -2.11. The normalized spacial score (nSPS) is 11.6. The first kappa shape index (κ1) is 13.9. The first-order chi connectivity index (χ1) is 8.88. The summed E-state index contributed by atoms with van der Waals surface area (Å²) in [6.45, 7) is 4.32. The minimum Gasteiger partial charge on any atom is -0.365 e. The number of nitrogens with one attached hydrogen (secondary N) is 1. The fourth-order valence-corrected chi connectivity index (χ4v) is 2.68. The summed E-state index contributed by atoms with van der Waals surface area (Å²) in [5.41, 5.74) is 0.416. The van der Waals surface area contributed by atoms with Crippen molar-refractivity contribution in [3.63, 3.8) is 0 Å². The van der Waals surface area contributed by atoms with Crippen LogP contribution >= 0.6 is 11.3 Å². The minimum atomic E-state index is -4.39. The van der Waals surface area contributed by atoms with Gasteiger partial charge in [0.1, 0.15) is 5.82 Å². The molecule has 0 aliphatic heterocycles. The number of halogens is 3. The lowest BCUT2D eigenvalue weighted by molar-refractivity contribution is -0.137. The molecule has 6 heteroatoms. The van der Waals surface area contributed by atoms with Crippen LogP contribution in [0, 0.1) is 13.8 Å². The number of hydrogen-bond acceptors (Lipinski definition) is 3. The van der Waals surface area contributed by atoms with Crippen molar-refractivity contribution in [3.8, 4) is 0 Å². The highest BCUT2D eigenvalue weighted by molar-refractivity contribution is 7.12. The number of rotatable bonds is 3. The smallest absolute Gasteiger partial charge is 0.365 e. The first-order valence-electron chi connectivity index (χ1n) is 5.70. The number of anilines is 1. The van der Waals surface area contributed by atoms with Crippen LogP contribution in [0.4, 0.5) is 19.0 Å². The molecule has 2 aromatic rings. The molecule has 102 valence electrons. The van der Waals surface area contributed by atoms with E-state index in [0.717, 1.165) is 16.5 Å². The Morgan fingerprint density at radius 2 is 2.05 bits per heavy atom. The van der Waals surface area contributed by atoms with E-state index in [4.69, 9.17) is 0 Å². The standard InChI is InChI=1S/C13H13F3N2S/c1-8-6-10(19-9(8)2)7-18-12-11(13(14,15)16)4-3-5-17-12/h3-6H,7H2,1-2H3,(H,17,18). The van der Waals surface area contributed by atoms with Crippen LogP contribution < -0.4 is 5.32 Å². The molecule has 0 radical (unpaired) electrons. The van der Waals surface area contributed by atoms with E-state index in [1.54, 1.807) is 11.3 Å². The second-order valence-corrected chi connectivity index (χ2v) is 5.54. The largest absolute Gasteiger partial charge is 0.419 e. The third kappa shape index (κ3) is 3.26. The Hall–Kier alpha value is -1.56. The quantitative estimate of drug-likeness (QED) is 0.905. The van der Waals surface area contributed by atoms with E-state index in [1.165, 1.54) is 17.1 Å². The first-order valence-corrected chi connectivity index (χ1v) is 6.51. The second-order valence-electron chi connectivity index (χ2n) is 4.20. The number of hydrogen-bond donors (Lipinski definition) is 1. The minimum absolute atomic E-state index is 0.126. The third-order valence-corrected chi connectivity index (χ3v) is 3.91. The summed E-state index contributed by atoms with van der Waals surface area (Å²) in [6, 6.07) is 4.29. The molecule has 0 aliphatic rings. The van der Waals surface area contributed by atoms with Gasteiger partial charge in [0.2, 0.25) is 0 Å². The Morgan fingerprint density at radius 3 is 2.63 bits per heavy atom. The van der Waals surface area contributed by atoms with Gasteiger partial charge in [0, 0.05) is 16.0 Å². The van der Waals surface area contributed by atoms with E-state index < -0.39 is 11.7 Å². The Morgan fingerprint density at radius 1 is 1.32 bits per heavy atom. The zero-order chi connectivity index (χ0) is 14.0. The molecule has 0 bridgehead atoms. The van der Waals surface area contributed by atoms with Gasteiger partial charge in [0.05, 0.1) is 12.1 Å². The van der Waals surface area contributed by atoms with Crippen molar-refractivity contribution in [2.24, 2.45) is 0 Å². The summed E-state index contributed by atoms with van der Waals surface area (Å²) in [7, 11) is 0. The van der Waals surface area contributed by atoms with Gasteiger partial charge in [-0.25, -0.2) is 4.98 Å². The van der Waals surface area contributed by atoms with E-state index in [0.29, 0.717) is 6.54 Å². The van der Waals surface area contributed by atoms with Crippen molar-refractivity contribution in [1.82, 2.24) is 4.98 Å². The van der Waals surface area contributed by atoms with Gasteiger partial charge in [0.15, 0.2) is 0 Å². The SMILES string of the molecule is Cc1cc(CNc2ncccc2C(F)(F)F)sc1C. The van der Waals surface area contributed by atoms with Crippen LogP contribution in [0.25, 0.3) is 0 Å². The van der Waals surface area contributed by atoms with Gasteiger partial charge in [-0.05, 0) is 37.6 Å². The number of aryl methyl sites for hydroxylation is 2. The van der Waals surface area contributed by atoms with Gasteiger partial charge >= 0.3 is 6.18 Å². The molecule has 0 fully saturated rings. The molecule has 2 aromatic heterocycles. The van der Waals surface area contributed by atoms with Crippen LogP contribution in [0.1, 0.15) is 20.9 Å². The van der Waals surface area contributed by atoms with E-state index in [-0.39, 0.29) is 5.82 Å². The number of alkyl halides is 3. The van der Waals surface area contributed by atoms with Gasteiger partial charge < -0.3 is 5.32 Å². The molecule has 0 aromatic carbocycles. The monoisotopic (exact) mass is 286 g/mol. The highest BCUT2D eigenvalue weighted by atomic mass is 32.1. The van der Waals surface area contributed by atoms with Crippen molar-refractivity contribution in [1.29, 1.82) is 0 Å². The number of aromatic nitrogens is 1. The molecule has 1 N–H and O–H groups in total. The van der Waals surface area contributed by atoms with Gasteiger partial charge in [-0.15, -0.1) is 11.3 Å². The second kappa shape index (κ2) is 5.21. The van der Waals surface area contributed by atoms with Crippen LogP contribution in [-0.4, -0.2) is 4.98 Å². The summed E-state index contributed by atoms with van der Waals surface area (Å²) in [4.78, 5) is 5.93. The molecular weight excluding hydrogens is 273 g/mol. The molecule has 2 heterocycles. The molecule has 2 rings (SSSR count). The van der Waals surface area contributed by atoms with Crippen LogP contribution in [0.15, 0.2) is 24.4 Å². The predicted molar refractivity (Wildman–Crippen MR) is 70.4 cm³/mol. The van der Waals surface area contributed by atoms with Gasteiger partial charge in [-0.2, -0.15) is 13.2 Å². The maximum absolute atomic E-state index is 12.8. The summed E-state index contributed by atoms with van der Waals surface area (Å²) in [6.07, 6.45) is -3.04. The van der Waals surface area contributed by atoms with Crippen LogP contribution in [0.3, 0.4) is 0 Å². The maximum atomic E-state index is 12.8. The molecule has 0 saturated heterocycles. The summed E-state index contributed by atoms with van der Waals surface area (Å²) in [5.74, 6) is -0.126. The molecule has 0 aliphatic carbocycles. The molecular formula is C13H13F3N2S. The lowest BCUT2D eigenvalue weighted by atomic mass is 10.2. The molecule has 0 atom stereocenters. The third-order valence-electron chi connectivity index (χ3n) is 2.76. The van der Waals surface area contributed by atoms with Crippen LogP contribution in [-0.2, 0) is 12.7 Å². The van der Waals surface area contributed by atoms with E-state index >= 15 is 0 Å². The fourth-order valence-electron chi connectivity index (χ4n) is 1.68. The lowest BCUT2D eigenvalue weighted by Gasteiger charge is -2.12. The zero-order valence-electron chi connectivity index (χ0n) is 10.5. The molecule has 0 spiro atoms. The summed E-state index contributed by atoms with van der Waals surface area (Å²) in [5, 5.41) is 2.76. The average molecular weight is 286 g/mol. The predicted octanol–water partition coefficient (Wildman–Crippen LogP) is 4.39. The Balaban J connectivity index is 2.16. The van der Waals surface area contributed by atoms with E-state index in [2.05, 4.69) is 10.3 Å². The van der Waals surface area contributed by atoms with Gasteiger partial charge in [-0.3, -0.25) is 0 Å². The Bertz CT molecular complexity index is 556. The van der Waals surface area contributed by atoms with Crippen molar-refractivity contribution in [2.75, 3.05) is 5.32 Å². The van der Waals surface area contributed by atoms with Crippen molar-refractivity contribution >= 4 is 17.2 Å². The maximum Gasteiger partial charge on any atom is 0.419 e. The number of pyridine rings is 1. The molecule has 19 heavy (non-hydrogen) atoms. The molecule has 0 amide bonds. The molecule has 2 nitrogen and oxygen atoms in total. The average Bonchev–Trinajstić information content (AvgIpc) is 2.65. The van der Waals surface area contributed by atoms with Crippen LogP contribution in [0.5, 0.6) is 0 Å². The van der Waals surface area contributed by atoms with E-state index in [1.807, 2.05) is 19.9 Å². The highest BCUT2D eigenvalue weighted by Gasteiger charge is 2.33. The Kier molecular flexibility index (Phi) is 3.80. The number of nitrogens with zero attached hydrogens (tertiary/aromatic N) is 1. The van der Waals surface area contributed by atoms with Crippen molar-refractivity contribution < 1.29 is 13.2 Å². The topological polar surface area (TPSA) is 24.9 Å². The summed E-state index contributed by atoms with van der Waals surface area (Å²) < 4.78 is 38.3. The molecule has 0 unspecified atom stereocenters. The van der Waals surface area contributed by atoms with Crippen molar-refractivity contribution in [3.05, 3.63) is 45.3 Å². The molecule has 0 saturated carbocycles. The van der Waals surface area contributed by atoms with Crippen molar-refractivity contribution in [2.45, 2.75) is 26.6 Å². The number of thiophene rings is 1. The zero-order valence-corrected chi connectivity index (χ0v) is 11.3. The van der Waals surface area contributed by atoms with E-state index in [9.17, 15) is 13.2 Å². The highest BCUT2D eigenvalue weighted by Crippen LogP contribution is 2.33. The van der Waals surface area contributed by atoms with Gasteiger partial charge in [0.25, 0.3) is 0 Å². The van der Waals surface area contributed by atoms with Crippen LogP contribution in [0.2, 0.25) is 0 Å². The fraction of sp³-hybridized carbons (Fsp3) is 0.308. The summed E-state index contributed by atoms with van der Waals surface area (Å²) >= 11 is 1.58. The van der Waals surface area contributed by atoms with Gasteiger partial charge in [-0.1, -0.05) is 0 Å². The Labute approximate surface area is 113 Å².